The van der Waals surface area contributed by atoms with Crippen LogP contribution in [0.1, 0.15) is 16.2 Å². The number of furan rings is 1. The van der Waals surface area contributed by atoms with Crippen LogP contribution in [0.2, 0.25) is 0 Å². The molecule has 0 bridgehead atoms. The van der Waals surface area contributed by atoms with Crippen LogP contribution in [0.4, 0.5) is 0 Å². The smallest absolute Gasteiger partial charge is 0.289 e. The molecule has 1 aromatic carbocycles. The number of fused-ring (bicyclic) bond motifs is 3. The molecule has 0 atom stereocenters. The third-order valence-electron chi connectivity index (χ3n) is 3.52. The molecule has 0 aliphatic carbocycles. The Morgan fingerprint density at radius 2 is 2.09 bits per heavy atom. The first-order valence-electron chi connectivity index (χ1n) is 7.04. The van der Waals surface area contributed by atoms with Gasteiger partial charge in [-0.3, -0.25) is 4.79 Å². The van der Waals surface area contributed by atoms with E-state index in [0.717, 1.165) is 21.8 Å². The number of benzene rings is 1. The van der Waals surface area contributed by atoms with Crippen molar-refractivity contribution < 1.29 is 9.21 Å². The fourth-order valence-corrected chi connectivity index (χ4v) is 2.45. The van der Waals surface area contributed by atoms with E-state index in [-0.39, 0.29) is 5.91 Å². The van der Waals surface area contributed by atoms with E-state index in [1.807, 2.05) is 24.3 Å². The lowest BCUT2D eigenvalue weighted by atomic mass is 10.1. The number of carbonyl (C=O) groups is 1. The zero-order valence-corrected chi connectivity index (χ0v) is 12.0. The lowest BCUT2D eigenvalue weighted by Gasteiger charge is -1.99. The fraction of sp³-hybridized carbons (Fsp3) is 0. The van der Waals surface area contributed by atoms with Gasteiger partial charge < -0.3 is 9.40 Å². The number of hydrogen-bond acceptors (Lipinski definition) is 4. The summed E-state index contributed by atoms with van der Waals surface area (Å²) in [7, 11) is 0. The molecule has 1 amide bonds. The monoisotopic (exact) mass is 304 g/mol. The highest BCUT2D eigenvalue weighted by molar-refractivity contribution is 6.09. The van der Waals surface area contributed by atoms with Crippen LogP contribution in [0.5, 0.6) is 0 Å². The molecule has 6 heteroatoms. The van der Waals surface area contributed by atoms with Gasteiger partial charge in [-0.1, -0.05) is 18.2 Å². The van der Waals surface area contributed by atoms with Gasteiger partial charge in [-0.25, -0.2) is 10.4 Å². The van der Waals surface area contributed by atoms with Gasteiger partial charge in [0.25, 0.3) is 5.91 Å². The Morgan fingerprint density at radius 3 is 2.96 bits per heavy atom. The molecule has 6 nitrogen and oxygen atoms in total. The zero-order valence-electron chi connectivity index (χ0n) is 12.0. The molecule has 2 N–H and O–H groups in total. The van der Waals surface area contributed by atoms with Crippen molar-refractivity contribution >= 4 is 33.9 Å². The summed E-state index contributed by atoms with van der Waals surface area (Å²) in [5.41, 5.74) is 4.65. The third kappa shape index (κ3) is 2.46. The van der Waals surface area contributed by atoms with Crippen molar-refractivity contribution in [1.29, 1.82) is 0 Å². The molecule has 0 aliphatic heterocycles. The second-order valence-electron chi connectivity index (χ2n) is 5.00. The van der Waals surface area contributed by atoms with Gasteiger partial charge in [0.1, 0.15) is 11.5 Å². The van der Waals surface area contributed by atoms with Crippen molar-refractivity contribution in [3.8, 4) is 0 Å². The van der Waals surface area contributed by atoms with Gasteiger partial charge >= 0.3 is 0 Å². The van der Waals surface area contributed by atoms with Crippen molar-refractivity contribution in [1.82, 2.24) is 15.4 Å². The molecule has 23 heavy (non-hydrogen) atoms. The van der Waals surface area contributed by atoms with E-state index >= 15 is 0 Å². The Labute approximate surface area is 130 Å². The van der Waals surface area contributed by atoms with Crippen molar-refractivity contribution in [3.63, 3.8) is 0 Å². The quantitative estimate of drug-likeness (QED) is 0.450. The number of aromatic nitrogens is 2. The largest absolute Gasteiger partial charge is 0.463 e. The van der Waals surface area contributed by atoms with Crippen molar-refractivity contribution in [3.05, 3.63) is 66.4 Å². The first-order valence-corrected chi connectivity index (χ1v) is 7.04. The summed E-state index contributed by atoms with van der Waals surface area (Å²) in [6.45, 7) is 0. The van der Waals surface area contributed by atoms with Crippen molar-refractivity contribution in [2.24, 2.45) is 5.10 Å². The van der Waals surface area contributed by atoms with Gasteiger partial charge in [-0.05, 0) is 24.3 Å². The molecule has 0 unspecified atom stereocenters. The van der Waals surface area contributed by atoms with E-state index in [4.69, 9.17) is 4.42 Å². The maximum absolute atomic E-state index is 12.1. The van der Waals surface area contributed by atoms with Gasteiger partial charge in [0.05, 0.1) is 24.2 Å². The Bertz CT molecular complexity index is 1020. The maximum Gasteiger partial charge on any atom is 0.289 e. The molecule has 3 heterocycles. The van der Waals surface area contributed by atoms with E-state index in [0.29, 0.717) is 11.5 Å². The number of hydrogen-bond donors (Lipinski definition) is 2. The number of aromatic amines is 1. The zero-order chi connectivity index (χ0) is 15.6. The highest BCUT2D eigenvalue weighted by atomic mass is 16.3. The summed E-state index contributed by atoms with van der Waals surface area (Å²) in [6.07, 6.45) is 4.62. The molecule has 4 rings (SSSR count). The van der Waals surface area contributed by atoms with E-state index in [1.54, 1.807) is 24.4 Å². The summed E-state index contributed by atoms with van der Waals surface area (Å²) in [5, 5.41) is 5.86. The number of nitrogens with zero attached hydrogens (tertiary/aromatic N) is 2. The van der Waals surface area contributed by atoms with Crippen molar-refractivity contribution in [2.45, 2.75) is 0 Å². The Kier molecular flexibility index (Phi) is 3.12. The van der Waals surface area contributed by atoms with Crippen LogP contribution in [0, 0.1) is 0 Å². The molecular weight excluding hydrogens is 292 g/mol. The number of para-hydroxylation sites is 1. The van der Waals surface area contributed by atoms with Crippen LogP contribution in [-0.4, -0.2) is 22.1 Å². The van der Waals surface area contributed by atoms with Gasteiger partial charge in [0, 0.05) is 16.3 Å². The number of pyridine rings is 1. The summed E-state index contributed by atoms with van der Waals surface area (Å²) in [5.74, 6) is 0.185. The Hall–Kier alpha value is -3.41. The predicted octanol–water partition coefficient (Wildman–Crippen LogP) is 3.07. The van der Waals surface area contributed by atoms with Crippen LogP contribution in [0.3, 0.4) is 0 Å². The standard InChI is InChI=1S/C17H12N4O2/c22-17(21-19-9-11-4-3-7-23-11)15-8-13-12-5-1-2-6-14(12)20-16(13)10-18-15/h1-10,20H,(H,21,22)/b19-9-. The van der Waals surface area contributed by atoms with Crippen LogP contribution in [-0.2, 0) is 0 Å². The number of carbonyl (C=O) groups excluding carboxylic acids is 1. The SMILES string of the molecule is O=C(N/N=C\c1ccco1)c1cc2c(cn1)[nH]c1ccccc12. The van der Waals surface area contributed by atoms with E-state index < -0.39 is 0 Å². The average molecular weight is 304 g/mol. The average Bonchev–Trinajstić information content (AvgIpc) is 3.21. The number of hydrazone groups is 1. The normalized spacial score (nSPS) is 11.5. The molecule has 3 aromatic heterocycles. The summed E-state index contributed by atoms with van der Waals surface area (Å²) < 4.78 is 5.10. The van der Waals surface area contributed by atoms with E-state index in [2.05, 4.69) is 20.5 Å². The van der Waals surface area contributed by atoms with E-state index in [9.17, 15) is 4.79 Å². The number of amides is 1. The minimum Gasteiger partial charge on any atom is -0.463 e. The van der Waals surface area contributed by atoms with Crippen molar-refractivity contribution in [2.75, 3.05) is 0 Å². The highest BCUT2D eigenvalue weighted by Crippen LogP contribution is 2.24. The van der Waals surface area contributed by atoms with Crippen LogP contribution >= 0.6 is 0 Å². The Morgan fingerprint density at radius 1 is 1.17 bits per heavy atom. The molecule has 0 saturated carbocycles. The molecule has 0 aliphatic rings. The second kappa shape index (κ2) is 5.42. The first-order chi connectivity index (χ1) is 11.3. The molecule has 112 valence electrons. The lowest BCUT2D eigenvalue weighted by molar-refractivity contribution is 0.0950. The van der Waals surface area contributed by atoms with Gasteiger partial charge in [-0.15, -0.1) is 0 Å². The number of nitrogens with one attached hydrogen (secondary N) is 2. The lowest BCUT2D eigenvalue weighted by Crippen LogP contribution is -2.18. The fourth-order valence-electron chi connectivity index (χ4n) is 2.45. The van der Waals surface area contributed by atoms with Crippen LogP contribution in [0.15, 0.2) is 64.4 Å². The predicted molar refractivity (Wildman–Crippen MR) is 87.4 cm³/mol. The molecule has 0 fully saturated rings. The molecule has 0 saturated heterocycles. The number of H-pyrrole nitrogens is 1. The maximum atomic E-state index is 12.1. The second-order valence-corrected chi connectivity index (χ2v) is 5.00. The van der Waals surface area contributed by atoms with Gasteiger partial charge in [-0.2, -0.15) is 5.10 Å². The van der Waals surface area contributed by atoms with Gasteiger partial charge in [0.15, 0.2) is 0 Å². The third-order valence-corrected chi connectivity index (χ3v) is 3.52. The minimum atomic E-state index is -0.375. The molecule has 4 aromatic rings. The van der Waals surface area contributed by atoms with Gasteiger partial charge in [0.2, 0.25) is 0 Å². The Balaban J connectivity index is 1.63. The first kappa shape index (κ1) is 13.3. The number of rotatable bonds is 3. The highest BCUT2D eigenvalue weighted by Gasteiger charge is 2.10. The van der Waals surface area contributed by atoms with E-state index in [1.165, 1.54) is 12.5 Å². The molecule has 0 spiro atoms. The summed E-state index contributed by atoms with van der Waals surface area (Å²) in [6, 6.07) is 13.2. The molecule has 0 radical (unpaired) electrons. The summed E-state index contributed by atoms with van der Waals surface area (Å²) in [4.78, 5) is 19.6. The van der Waals surface area contributed by atoms with Crippen LogP contribution in [0.25, 0.3) is 21.8 Å². The van der Waals surface area contributed by atoms with Crippen LogP contribution < -0.4 is 5.43 Å². The summed E-state index contributed by atoms with van der Waals surface area (Å²) >= 11 is 0. The topological polar surface area (TPSA) is 83.3 Å². The minimum absolute atomic E-state index is 0.304. The molecular formula is C17H12N4O2.